The highest BCUT2D eigenvalue weighted by atomic mass is 16.4. The number of carbonyl (C=O) groups is 1. The fourth-order valence-electron chi connectivity index (χ4n) is 1.63. The lowest BCUT2D eigenvalue weighted by Gasteiger charge is -2.38. The van der Waals surface area contributed by atoms with Crippen LogP contribution in [-0.4, -0.2) is 35.1 Å². The predicted octanol–water partition coefficient (Wildman–Crippen LogP) is 1.58. The molecule has 0 bridgehead atoms. The summed E-state index contributed by atoms with van der Waals surface area (Å²) in [5, 5.41) is 8.66. The molecule has 3 heteroatoms. The van der Waals surface area contributed by atoms with Crippen LogP contribution in [0.1, 0.15) is 33.1 Å². The van der Waals surface area contributed by atoms with E-state index in [1.54, 1.807) is 6.92 Å². The van der Waals surface area contributed by atoms with E-state index in [9.17, 15) is 4.79 Å². The van der Waals surface area contributed by atoms with E-state index < -0.39 is 5.97 Å². The van der Waals surface area contributed by atoms with Crippen molar-refractivity contribution in [1.29, 1.82) is 0 Å². The minimum absolute atomic E-state index is 0.184. The van der Waals surface area contributed by atoms with Gasteiger partial charge in [0.1, 0.15) is 0 Å². The van der Waals surface area contributed by atoms with Crippen molar-refractivity contribution in [3.63, 3.8) is 0 Å². The van der Waals surface area contributed by atoms with E-state index in [0.29, 0.717) is 0 Å². The Morgan fingerprint density at radius 1 is 1.69 bits per heavy atom. The minimum Gasteiger partial charge on any atom is -0.481 e. The number of carboxylic acids is 1. The van der Waals surface area contributed by atoms with E-state index in [2.05, 4.69) is 11.8 Å². The number of nitrogens with zero attached hydrogens (tertiary/aromatic N) is 1. The van der Waals surface area contributed by atoms with Gasteiger partial charge in [-0.05, 0) is 39.3 Å². The third kappa shape index (κ3) is 2.99. The molecule has 1 aliphatic rings. The van der Waals surface area contributed by atoms with Gasteiger partial charge >= 0.3 is 5.97 Å². The van der Waals surface area contributed by atoms with Crippen LogP contribution >= 0.6 is 0 Å². The topological polar surface area (TPSA) is 40.5 Å². The summed E-state index contributed by atoms with van der Waals surface area (Å²) in [6.45, 7) is 6.27. The summed E-state index contributed by atoms with van der Waals surface area (Å²) >= 11 is 0. The predicted molar refractivity (Wildman–Crippen MR) is 51.7 cm³/mol. The van der Waals surface area contributed by atoms with E-state index >= 15 is 0 Å². The number of rotatable bonds is 5. The first-order valence-corrected chi connectivity index (χ1v) is 5.08. The molecule has 0 radical (unpaired) electrons. The van der Waals surface area contributed by atoms with Crippen molar-refractivity contribution < 1.29 is 9.90 Å². The molecule has 13 heavy (non-hydrogen) atoms. The molecule has 1 saturated heterocycles. The molecule has 2 atom stereocenters. The van der Waals surface area contributed by atoms with Crippen molar-refractivity contribution in [2.24, 2.45) is 5.92 Å². The molecule has 0 aromatic carbocycles. The molecule has 1 aliphatic heterocycles. The molecule has 0 aromatic rings. The van der Waals surface area contributed by atoms with Crippen molar-refractivity contribution in [3.8, 4) is 0 Å². The van der Waals surface area contributed by atoms with Crippen LogP contribution in [0.3, 0.4) is 0 Å². The Morgan fingerprint density at radius 2 is 2.38 bits per heavy atom. The highest BCUT2D eigenvalue weighted by Gasteiger charge is 2.22. The Labute approximate surface area is 79.7 Å². The Hall–Kier alpha value is -0.570. The Morgan fingerprint density at radius 3 is 2.77 bits per heavy atom. The summed E-state index contributed by atoms with van der Waals surface area (Å²) in [5.41, 5.74) is 0. The first-order valence-electron chi connectivity index (χ1n) is 5.08. The molecule has 76 valence electrons. The third-order valence-corrected chi connectivity index (χ3v) is 2.96. The molecule has 1 N–H and O–H groups in total. The van der Waals surface area contributed by atoms with Gasteiger partial charge < -0.3 is 10.0 Å². The summed E-state index contributed by atoms with van der Waals surface area (Å²) in [4.78, 5) is 12.9. The lowest BCUT2D eigenvalue weighted by Crippen LogP contribution is -2.45. The molecule has 1 heterocycles. The molecule has 3 nitrogen and oxygen atoms in total. The molecule has 0 aliphatic carbocycles. The quantitative estimate of drug-likeness (QED) is 0.707. The summed E-state index contributed by atoms with van der Waals surface area (Å²) in [7, 11) is 0. The Kier molecular flexibility index (Phi) is 3.72. The van der Waals surface area contributed by atoms with Crippen LogP contribution in [-0.2, 0) is 4.79 Å². The zero-order valence-electron chi connectivity index (χ0n) is 8.49. The van der Waals surface area contributed by atoms with E-state index in [1.807, 2.05) is 0 Å². The van der Waals surface area contributed by atoms with Crippen LogP contribution in [0.4, 0.5) is 0 Å². The normalized spacial score (nSPS) is 25.2. The standard InChI is InChI=1S/C10H19NO2/c1-8(10(12)13)4-3-6-11-7-5-9(11)2/h8-9H,3-7H2,1-2H3,(H,12,13). The number of hydrogen-bond donors (Lipinski definition) is 1. The van der Waals surface area contributed by atoms with Gasteiger partial charge in [0.15, 0.2) is 0 Å². The second kappa shape index (κ2) is 4.61. The maximum absolute atomic E-state index is 10.5. The minimum atomic E-state index is -0.670. The zero-order valence-corrected chi connectivity index (χ0v) is 8.49. The molecule has 0 saturated carbocycles. The van der Waals surface area contributed by atoms with Crippen LogP contribution in [0.5, 0.6) is 0 Å². The highest BCUT2D eigenvalue weighted by Crippen LogP contribution is 2.17. The SMILES string of the molecule is CC(CCCN1CCC1C)C(=O)O. The maximum Gasteiger partial charge on any atom is 0.306 e. The zero-order chi connectivity index (χ0) is 9.84. The number of aliphatic carboxylic acids is 1. The second-order valence-electron chi connectivity index (χ2n) is 4.06. The van der Waals surface area contributed by atoms with E-state index in [4.69, 9.17) is 5.11 Å². The molecule has 0 amide bonds. The molecule has 0 aromatic heterocycles. The summed E-state index contributed by atoms with van der Waals surface area (Å²) in [6.07, 6.45) is 3.12. The van der Waals surface area contributed by atoms with Gasteiger partial charge in [0.2, 0.25) is 0 Å². The van der Waals surface area contributed by atoms with Gasteiger partial charge in [0.25, 0.3) is 0 Å². The number of hydrogen-bond acceptors (Lipinski definition) is 2. The third-order valence-electron chi connectivity index (χ3n) is 2.96. The summed E-state index contributed by atoms with van der Waals surface area (Å²) < 4.78 is 0. The molecular weight excluding hydrogens is 166 g/mol. The second-order valence-corrected chi connectivity index (χ2v) is 4.06. The van der Waals surface area contributed by atoms with Crippen molar-refractivity contribution >= 4 is 5.97 Å². The van der Waals surface area contributed by atoms with Crippen LogP contribution in [0, 0.1) is 5.92 Å². The van der Waals surface area contributed by atoms with Gasteiger partial charge in [0, 0.05) is 6.04 Å². The number of carboxylic acid groups (broad SMARTS) is 1. The van der Waals surface area contributed by atoms with E-state index in [0.717, 1.165) is 25.4 Å². The molecular formula is C10H19NO2. The average molecular weight is 185 g/mol. The molecule has 1 fully saturated rings. The van der Waals surface area contributed by atoms with Crippen LogP contribution < -0.4 is 0 Å². The van der Waals surface area contributed by atoms with E-state index in [-0.39, 0.29) is 5.92 Å². The van der Waals surface area contributed by atoms with Crippen molar-refractivity contribution in [2.45, 2.75) is 39.2 Å². The monoisotopic (exact) mass is 185 g/mol. The van der Waals surface area contributed by atoms with Crippen molar-refractivity contribution in [1.82, 2.24) is 4.90 Å². The van der Waals surface area contributed by atoms with Crippen LogP contribution in [0.25, 0.3) is 0 Å². The van der Waals surface area contributed by atoms with Gasteiger partial charge in [-0.25, -0.2) is 0 Å². The number of likely N-dealkylation sites (tertiary alicyclic amines) is 1. The van der Waals surface area contributed by atoms with E-state index in [1.165, 1.54) is 13.0 Å². The van der Waals surface area contributed by atoms with Gasteiger partial charge in [-0.1, -0.05) is 6.92 Å². The maximum atomic E-state index is 10.5. The fraction of sp³-hybridized carbons (Fsp3) is 0.900. The van der Waals surface area contributed by atoms with Gasteiger partial charge in [-0.15, -0.1) is 0 Å². The Bertz CT molecular complexity index is 182. The lowest BCUT2D eigenvalue weighted by molar-refractivity contribution is -0.141. The molecule has 0 spiro atoms. The lowest BCUT2D eigenvalue weighted by atomic mass is 10.0. The highest BCUT2D eigenvalue weighted by molar-refractivity contribution is 5.69. The summed E-state index contributed by atoms with van der Waals surface area (Å²) in [6, 6.07) is 0.722. The Balaban J connectivity index is 2.03. The smallest absolute Gasteiger partial charge is 0.306 e. The van der Waals surface area contributed by atoms with Crippen molar-refractivity contribution in [2.75, 3.05) is 13.1 Å². The van der Waals surface area contributed by atoms with Crippen LogP contribution in [0.2, 0.25) is 0 Å². The average Bonchev–Trinajstić information content (AvgIpc) is 2.09. The van der Waals surface area contributed by atoms with Gasteiger partial charge in [0.05, 0.1) is 5.92 Å². The fourth-order valence-corrected chi connectivity index (χ4v) is 1.63. The van der Waals surface area contributed by atoms with Crippen LogP contribution in [0.15, 0.2) is 0 Å². The van der Waals surface area contributed by atoms with Gasteiger partial charge in [-0.3, -0.25) is 4.79 Å². The van der Waals surface area contributed by atoms with Crippen molar-refractivity contribution in [3.05, 3.63) is 0 Å². The first-order chi connectivity index (χ1) is 6.11. The largest absolute Gasteiger partial charge is 0.481 e. The summed E-state index contributed by atoms with van der Waals surface area (Å²) in [5.74, 6) is -0.853. The molecule has 1 rings (SSSR count). The molecule has 2 unspecified atom stereocenters. The van der Waals surface area contributed by atoms with Gasteiger partial charge in [-0.2, -0.15) is 0 Å². The first kappa shape index (κ1) is 10.5.